The first-order valence-electron chi connectivity index (χ1n) is 8.16. The number of hydrogen-bond acceptors (Lipinski definition) is 7. The van der Waals surface area contributed by atoms with Gasteiger partial charge in [0.2, 0.25) is 5.95 Å². The Morgan fingerprint density at radius 3 is 2.74 bits per heavy atom. The lowest BCUT2D eigenvalue weighted by Crippen LogP contribution is -2.51. The van der Waals surface area contributed by atoms with E-state index in [-0.39, 0.29) is 6.10 Å². The number of aliphatic hydroxyl groups excluding tert-OH is 1. The molecule has 0 spiro atoms. The molecule has 7 nitrogen and oxygen atoms in total. The quantitative estimate of drug-likeness (QED) is 0.827. The summed E-state index contributed by atoms with van der Waals surface area (Å²) >= 11 is 0. The van der Waals surface area contributed by atoms with Crippen molar-refractivity contribution in [3.05, 3.63) is 5.69 Å². The maximum atomic E-state index is 12.4. The zero-order valence-electron chi connectivity index (χ0n) is 13.3. The number of aromatic nitrogens is 2. The molecule has 3 aliphatic heterocycles. The summed E-state index contributed by atoms with van der Waals surface area (Å²) in [6.07, 6.45) is 2.36. The molecule has 4 heterocycles. The van der Waals surface area contributed by atoms with Gasteiger partial charge >= 0.3 is 0 Å². The molecule has 2 saturated heterocycles. The van der Waals surface area contributed by atoms with E-state index >= 15 is 0 Å². The third-order valence-electron chi connectivity index (χ3n) is 4.88. The highest BCUT2D eigenvalue weighted by molar-refractivity contribution is 7.85. The molecule has 0 radical (unpaired) electrons. The summed E-state index contributed by atoms with van der Waals surface area (Å²) in [6, 6.07) is 0.357. The van der Waals surface area contributed by atoms with Gasteiger partial charge in [0.05, 0.1) is 22.6 Å². The molecular weight excluding hydrogens is 316 g/mol. The largest absolute Gasteiger partial charge is 0.389 e. The third kappa shape index (κ3) is 2.72. The fourth-order valence-electron chi connectivity index (χ4n) is 3.41. The Balaban J connectivity index is 1.69. The third-order valence-corrected chi connectivity index (χ3v) is 6.32. The molecule has 1 aromatic rings. The summed E-state index contributed by atoms with van der Waals surface area (Å²) in [4.78, 5) is 14.3. The molecule has 0 amide bonds. The van der Waals surface area contributed by atoms with Gasteiger partial charge in [0, 0.05) is 51.6 Å². The number of anilines is 2. The number of fused-ring (bicyclic) bond motifs is 1. The van der Waals surface area contributed by atoms with Gasteiger partial charge in [-0.1, -0.05) is 0 Å². The molecular formula is C15H22N4O3S. The predicted molar refractivity (Wildman–Crippen MR) is 87.5 cm³/mol. The summed E-state index contributed by atoms with van der Waals surface area (Å²) in [6.45, 7) is 2.66. The first kappa shape index (κ1) is 15.3. The maximum Gasteiger partial charge on any atom is 0.227 e. The fraction of sp³-hybridized carbons (Fsp3) is 0.733. The van der Waals surface area contributed by atoms with Crippen molar-refractivity contribution in [2.75, 3.05) is 48.9 Å². The molecule has 2 fully saturated rings. The average Bonchev–Trinajstić information content (AvgIpc) is 2.92. The highest BCUT2D eigenvalue weighted by atomic mass is 32.2. The molecule has 1 aromatic heterocycles. The molecule has 3 aliphatic rings. The van der Waals surface area contributed by atoms with Crippen LogP contribution in [-0.4, -0.2) is 70.5 Å². The van der Waals surface area contributed by atoms with Gasteiger partial charge in [-0.2, -0.15) is 4.98 Å². The van der Waals surface area contributed by atoms with Crippen LogP contribution in [0.3, 0.4) is 0 Å². The lowest BCUT2D eigenvalue weighted by Gasteiger charge is -2.37. The van der Waals surface area contributed by atoms with Crippen LogP contribution < -0.4 is 9.80 Å². The SMILES string of the molecule is CN(c1nc(N2CC(O)C2)nc2c1[S@](=O)CC2)C1CCOCC1. The predicted octanol–water partition coefficient (Wildman–Crippen LogP) is -0.0636. The molecule has 4 rings (SSSR count). The summed E-state index contributed by atoms with van der Waals surface area (Å²) < 4.78 is 17.9. The smallest absolute Gasteiger partial charge is 0.227 e. The maximum absolute atomic E-state index is 12.4. The van der Waals surface area contributed by atoms with Crippen molar-refractivity contribution in [2.45, 2.75) is 36.3 Å². The van der Waals surface area contributed by atoms with Gasteiger partial charge < -0.3 is 19.6 Å². The number of ether oxygens (including phenoxy) is 1. The Morgan fingerprint density at radius 1 is 1.30 bits per heavy atom. The Hall–Kier alpha value is -1.25. The van der Waals surface area contributed by atoms with E-state index in [0.29, 0.717) is 30.8 Å². The molecule has 23 heavy (non-hydrogen) atoms. The van der Waals surface area contributed by atoms with Crippen LogP contribution in [0.1, 0.15) is 18.5 Å². The van der Waals surface area contributed by atoms with Crippen LogP contribution in [0.2, 0.25) is 0 Å². The minimum absolute atomic E-state index is 0.294. The van der Waals surface area contributed by atoms with Gasteiger partial charge in [-0.3, -0.25) is 4.21 Å². The second-order valence-corrected chi connectivity index (χ2v) is 7.94. The number of rotatable bonds is 3. The van der Waals surface area contributed by atoms with E-state index in [0.717, 1.165) is 48.9 Å². The lowest BCUT2D eigenvalue weighted by molar-refractivity contribution is 0.0852. The Kier molecular flexibility index (Phi) is 3.98. The van der Waals surface area contributed by atoms with Crippen LogP contribution >= 0.6 is 0 Å². The summed E-state index contributed by atoms with van der Waals surface area (Å²) in [5.41, 5.74) is 0.906. The first-order chi connectivity index (χ1) is 11.1. The average molecular weight is 338 g/mol. The summed E-state index contributed by atoms with van der Waals surface area (Å²) in [7, 11) is 1.02. The minimum Gasteiger partial charge on any atom is -0.389 e. The van der Waals surface area contributed by atoms with E-state index in [2.05, 4.69) is 9.88 Å². The van der Waals surface area contributed by atoms with Crippen molar-refractivity contribution in [1.29, 1.82) is 0 Å². The zero-order valence-corrected chi connectivity index (χ0v) is 14.1. The van der Waals surface area contributed by atoms with Gasteiger partial charge in [0.15, 0.2) is 5.82 Å². The number of hydrogen-bond donors (Lipinski definition) is 1. The van der Waals surface area contributed by atoms with Crippen molar-refractivity contribution in [1.82, 2.24) is 9.97 Å². The highest BCUT2D eigenvalue weighted by Gasteiger charge is 2.33. The van der Waals surface area contributed by atoms with Crippen molar-refractivity contribution in [3.8, 4) is 0 Å². The molecule has 0 aromatic carbocycles. The van der Waals surface area contributed by atoms with Crippen molar-refractivity contribution < 1.29 is 14.1 Å². The van der Waals surface area contributed by atoms with E-state index < -0.39 is 10.8 Å². The van der Waals surface area contributed by atoms with Gasteiger partial charge in [0.25, 0.3) is 0 Å². The molecule has 0 saturated carbocycles. The topological polar surface area (TPSA) is 78.8 Å². The van der Waals surface area contributed by atoms with E-state index in [1.807, 2.05) is 11.9 Å². The van der Waals surface area contributed by atoms with Crippen LogP contribution in [0.15, 0.2) is 4.90 Å². The molecule has 1 N–H and O–H groups in total. The first-order valence-corrected chi connectivity index (χ1v) is 9.48. The van der Waals surface area contributed by atoms with E-state index in [4.69, 9.17) is 9.72 Å². The van der Waals surface area contributed by atoms with Gasteiger partial charge in [-0.25, -0.2) is 4.98 Å². The van der Waals surface area contributed by atoms with E-state index in [1.54, 1.807) is 0 Å². The van der Waals surface area contributed by atoms with E-state index in [9.17, 15) is 9.32 Å². The van der Waals surface area contributed by atoms with Gasteiger partial charge in [-0.05, 0) is 12.8 Å². The normalized spacial score (nSPS) is 25.3. The van der Waals surface area contributed by atoms with Crippen LogP contribution in [0.5, 0.6) is 0 Å². The molecule has 0 bridgehead atoms. The highest BCUT2D eigenvalue weighted by Crippen LogP contribution is 2.34. The molecule has 1 atom stereocenters. The molecule has 0 aliphatic carbocycles. The van der Waals surface area contributed by atoms with Gasteiger partial charge in [-0.15, -0.1) is 0 Å². The summed E-state index contributed by atoms with van der Waals surface area (Å²) in [5, 5.41) is 9.53. The number of β-amino-alcohol motifs (C(OH)–C–C–N with tert-alkyl or cyclic N) is 1. The summed E-state index contributed by atoms with van der Waals surface area (Å²) in [5.74, 6) is 2.08. The van der Waals surface area contributed by atoms with Crippen LogP contribution in [0, 0.1) is 0 Å². The van der Waals surface area contributed by atoms with Crippen molar-refractivity contribution >= 4 is 22.6 Å². The van der Waals surface area contributed by atoms with E-state index in [1.165, 1.54) is 0 Å². The Morgan fingerprint density at radius 2 is 2.04 bits per heavy atom. The van der Waals surface area contributed by atoms with Crippen LogP contribution in [0.25, 0.3) is 0 Å². The minimum atomic E-state index is -1.01. The second-order valence-electron chi connectivity index (χ2n) is 6.44. The van der Waals surface area contributed by atoms with Crippen LogP contribution in [0.4, 0.5) is 11.8 Å². The standard InChI is InChI=1S/C15H22N4O3S/c1-18(10-2-5-22-6-3-10)14-13-12(4-7-23(13)21)16-15(17-14)19-8-11(20)9-19/h10-11,20H,2-9H2,1H3/t23-/m1/s1. The van der Waals surface area contributed by atoms with Crippen molar-refractivity contribution in [3.63, 3.8) is 0 Å². The number of aryl methyl sites for hydroxylation is 1. The fourth-order valence-corrected chi connectivity index (χ4v) is 4.80. The Bertz CT molecular complexity index is 629. The van der Waals surface area contributed by atoms with Gasteiger partial charge in [0.1, 0.15) is 4.90 Å². The molecule has 8 heteroatoms. The lowest BCUT2D eigenvalue weighted by atomic mass is 10.1. The Labute approximate surface area is 138 Å². The zero-order chi connectivity index (χ0) is 16.0. The second kappa shape index (κ2) is 5.99. The number of nitrogens with zero attached hydrogens (tertiary/aromatic N) is 4. The monoisotopic (exact) mass is 338 g/mol. The molecule has 126 valence electrons. The number of aliphatic hydroxyl groups is 1. The molecule has 0 unspecified atom stereocenters. The van der Waals surface area contributed by atoms with Crippen LogP contribution in [-0.2, 0) is 22.0 Å². The van der Waals surface area contributed by atoms with Crippen molar-refractivity contribution in [2.24, 2.45) is 0 Å².